The molecule has 0 saturated heterocycles. The second-order valence-corrected chi connectivity index (χ2v) is 3.68. The van der Waals surface area contributed by atoms with E-state index in [1.54, 1.807) is 31.5 Å². The molecule has 96 valence electrons. The molecule has 1 unspecified atom stereocenters. The molecule has 1 N–H and O–H groups in total. The molecule has 0 radical (unpaired) electrons. The summed E-state index contributed by atoms with van der Waals surface area (Å²) in [5, 5.41) is 3.10. The highest BCUT2D eigenvalue weighted by molar-refractivity contribution is 5.32. The van der Waals surface area contributed by atoms with Crippen LogP contribution in [0.25, 0.3) is 0 Å². The summed E-state index contributed by atoms with van der Waals surface area (Å²) in [5.74, 6) is 0.906. The molecule has 0 saturated carbocycles. The van der Waals surface area contributed by atoms with Gasteiger partial charge in [-0.25, -0.2) is 0 Å². The van der Waals surface area contributed by atoms with Crippen LogP contribution in [0.4, 0.5) is 8.78 Å². The van der Waals surface area contributed by atoms with Gasteiger partial charge in [0.25, 0.3) is 0 Å². The van der Waals surface area contributed by atoms with Crippen molar-refractivity contribution in [1.29, 1.82) is 0 Å². The molecule has 1 aromatic carbocycles. The Kier molecular flexibility index (Phi) is 3.94. The molecule has 2 aromatic rings. The topological polar surface area (TPSA) is 34.4 Å². The van der Waals surface area contributed by atoms with Crippen molar-refractivity contribution in [2.75, 3.05) is 7.05 Å². The van der Waals surface area contributed by atoms with Gasteiger partial charge in [-0.3, -0.25) is 0 Å². The summed E-state index contributed by atoms with van der Waals surface area (Å²) in [5.41, 5.74) is 0.911. The van der Waals surface area contributed by atoms with Gasteiger partial charge in [-0.05, 0) is 36.9 Å². The van der Waals surface area contributed by atoms with Gasteiger partial charge < -0.3 is 14.5 Å². The number of alkyl halides is 2. The van der Waals surface area contributed by atoms with E-state index in [-0.39, 0.29) is 11.8 Å². The maximum absolute atomic E-state index is 12.0. The lowest BCUT2D eigenvalue weighted by Gasteiger charge is -2.14. The minimum absolute atomic E-state index is 0.111. The number of rotatable bonds is 5. The number of hydrogen-bond acceptors (Lipinski definition) is 3. The second kappa shape index (κ2) is 5.64. The van der Waals surface area contributed by atoms with Crippen molar-refractivity contribution in [2.24, 2.45) is 0 Å². The smallest absolute Gasteiger partial charge is 0.387 e. The fourth-order valence-electron chi connectivity index (χ4n) is 1.77. The van der Waals surface area contributed by atoms with Crippen molar-refractivity contribution in [3.63, 3.8) is 0 Å². The summed E-state index contributed by atoms with van der Waals surface area (Å²) in [6.07, 6.45) is 1.59. The molecular weight excluding hydrogens is 240 g/mol. The molecule has 0 aliphatic heterocycles. The first kappa shape index (κ1) is 12.6. The van der Waals surface area contributed by atoms with Crippen molar-refractivity contribution in [3.8, 4) is 5.75 Å². The van der Waals surface area contributed by atoms with Crippen molar-refractivity contribution in [1.82, 2.24) is 5.32 Å². The third-order valence-electron chi connectivity index (χ3n) is 2.55. The van der Waals surface area contributed by atoms with E-state index < -0.39 is 6.61 Å². The minimum Gasteiger partial charge on any atom is -0.467 e. The molecule has 0 amide bonds. The van der Waals surface area contributed by atoms with E-state index in [1.165, 1.54) is 12.1 Å². The Morgan fingerprint density at radius 3 is 2.39 bits per heavy atom. The van der Waals surface area contributed by atoms with Crippen LogP contribution < -0.4 is 10.1 Å². The van der Waals surface area contributed by atoms with Gasteiger partial charge in [0.05, 0.1) is 12.3 Å². The molecule has 2 rings (SSSR count). The lowest BCUT2D eigenvalue weighted by atomic mass is 10.0. The largest absolute Gasteiger partial charge is 0.467 e. The Balaban J connectivity index is 2.17. The van der Waals surface area contributed by atoms with E-state index in [9.17, 15) is 8.78 Å². The Morgan fingerprint density at radius 1 is 1.17 bits per heavy atom. The summed E-state index contributed by atoms with van der Waals surface area (Å²) in [4.78, 5) is 0. The fraction of sp³-hybridized carbons (Fsp3) is 0.231. The molecule has 0 spiro atoms. The van der Waals surface area contributed by atoms with E-state index >= 15 is 0 Å². The average molecular weight is 253 g/mol. The second-order valence-electron chi connectivity index (χ2n) is 3.68. The summed E-state index contributed by atoms with van der Waals surface area (Å²) in [7, 11) is 1.80. The molecule has 0 fully saturated rings. The van der Waals surface area contributed by atoms with E-state index in [0.29, 0.717) is 0 Å². The van der Waals surface area contributed by atoms with Gasteiger partial charge in [0, 0.05) is 0 Å². The van der Waals surface area contributed by atoms with Crippen molar-refractivity contribution in [2.45, 2.75) is 12.7 Å². The van der Waals surface area contributed by atoms with Gasteiger partial charge in [-0.1, -0.05) is 12.1 Å². The minimum atomic E-state index is -2.80. The van der Waals surface area contributed by atoms with Crippen LogP contribution in [0.3, 0.4) is 0 Å². The molecule has 0 aliphatic rings. The molecular formula is C13H13F2NO2. The van der Waals surface area contributed by atoms with E-state index in [0.717, 1.165) is 11.3 Å². The Hall–Kier alpha value is -1.88. The Bertz CT molecular complexity index is 468. The predicted octanol–water partition coefficient (Wildman–Crippen LogP) is 3.19. The van der Waals surface area contributed by atoms with Gasteiger partial charge >= 0.3 is 6.61 Å². The standard InChI is InChI=1S/C13H13F2NO2/c1-16-12(11-3-2-8-17-11)9-4-6-10(7-5-9)18-13(14)15/h2-8,12-13,16H,1H3. The van der Waals surface area contributed by atoms with Crippen LogP contribution in [-0.4, -0.2) is 13.7 Å². The molecule has 1 aromatic heterocycles. The van der Waals surface area contributed by atoms with E-state index in [1.807, 2.05) is 6.07 Å². The van der Waals surface area contributed by atoms with Crippen LogP contribution in [0.15, 0.2) is 47.1 Å². The number of furan rings is 1. The Labute approximate surface area is 103 Å². The van der Waals surface area contributed by atoms with Crippen molar-refractivity contribution >= 4 is 0 Å². The number of benzene rings is 1. The first-order chi connectivity index (χ1) is 8.70. The third kappa shape index (κ3) is 2.87. The van der Waals surface area contributed by atoms with Crippen molar-refractivity contribution in [3.05, 3.63) is 54.0 Å². The maximum atomic E-state index is 12.0. The van der Waals surface area contributed by atoms with Crippen LogP contribution >= 0.6 is 0 Å². The van der Waals surface area contributed by atoms with Gasteiger partial charge in [-0.2, -0.15) is 8.78 Å². The number of ether oxygens (including phenoxy) is 1. The van der Waals surface area contributed by atoms with Crippen LogP contribution in [0, 0.1) is 0 Å². The van der Waals surface area contributed by atoms with Gasteiger partial charge in [0.2, 0.25) is 0 Å². The lowest BCUT2D eigenvalue weighted by molar-refractivity contribution is -0.0498. The van der Waals surface area contributed by atoms with Crippen LogP contribution in [-0.2, 0) is 0 Å². The summed E-state index contributed by atoms with van der Waals surface area (Å²) < 4.78 is 33.7. The van der Waals surface area contributed by atoms with Gasteiger partial charge in [0.15, 0.2) is 0 Å². The predicted molar refractivity (Wildman–Crippen MR) is 62.7 cm³/mol. The zero-order chi connectivity index (χ0) is 13.0. The van der Waals surface area contributed by atoms with E-state index in [2.05, 4.69) is 10.1 Å². The molecule has 1 heterocycles. The first-order valence-corrected chi connectivity index (χ1v) is 5.46. The molecule has 3 nitrogen and oxygen atoms in total. The highest BCUT2D eigenvalue weighted by atomic mass is 19.3. The third-order valence-corrected chi connectivity index (χ3v) is 2.55. The van der Waals surface area contributed by atoms with Gasteiger partial charge in [0.1, 0.15) is 11.5 Å². The van der Waals surface area contributed by atoms with Crippen molar-refractivity contribution < 1.29 is 17.9 Å². The zero-order valence-electron chi connectivity index (χ0n) is 9.77. The Morgan fingerprint density at radius 2 is 1.89 bits per heavy atom. The van der Waals surface area contributed by atoms with Gasteiger partial charge in [-0.15, -0.1) is 0 Å². The van der Waals surface area contributed by atoms with Crippen LogP contribution in [0.5, 0.6) is 5.75 Å². The lowest BCUT2D eigenvalue weighted by Crippen LogP contribution is -2.16. The normalized spacial score (nSPS) is 12.7. The number of hydrogen-bond donors (Lipinski definition) is 1. The number of nitrogens with one attached hydrogen (secondary N) is 1. The molecule has 0 aliphatic carbocycles. The SMILES string of the molecule is CNC(c1ccc(OC(F)F)cc1)c1ccco1. The molecule has 0 bridgehead atoms. The first-order valence-electron chi connectivity index (χ1n) is 5.46. The quantitative estimate of drug-likeness (QED) is 0.888. The van der Waals surface area contributed by atoms with E-state index in [4.69, 9.17) is 4.42 Å². The summed E-state index contributed by atoms with van der Waals surface area (Å²) in [6.45, 7) is -2.80. The summed E-state index contributed by atoms with van der Waals surface area (Å²) >= 11 is 0. The monoisotopic (exact) mass is 253 g/mol. The highest BCUT2D eigenvalue weighted by Crippen LogP contribution is 2.24. The summed E-state index contributed by atoms with van der Waals surface area (Å²) in [6, 6.07) is 10.0. The molecule has 18 heavy (non-hydrogen) atoms. The average Bonchev–Trinajstić information content (AvgIpc) is 2.85. The number of halogens is 2. The highest BCUT2D eigenvalue weighted by Gasteiger charge is 2.14. The molecule has 1 atom stereocenters. The maximum Gasteiger partial charge on any atom is 0.387 e. The van der Waals surface area contributed by atoms with Crippen LogP contribution in [0.2, 0.25) is 0 Å². The fourth-order valence-corrected chi connectivity index (χ4v) is 1.77. The zero-order valence-corrected chi connectivity index (χ0v) is 9.77. The molecule has 5 heteroatoms. The van der Waals surface area contributed by atoms with Crippen LogP contribution in [0.1, 0.15) is 17.4 Å².